The molecule has 3 heteroatoms. The van der Waals surface area contributed by atoms with Gasteiger partial charge in [0.15, 0.2) is 0 Å². The standard InChI is InChI=1S/C16H18BrNO/c17-16-6-2-1-5-14(16)12-19-11-3-4-13-7-9-15(18)10-8-13/h1-2,5-10H,3-4,11-12,18H2. The van der Waals surface area contributed by atoms with Crippen LogP contribution >= 0.6 is 15.9 Å². The molecule has 0 amide bonds. The third-order valence-electron chi connectivity index (χ3n) is 2.95. The molecular formula is C16H18BrNO. The van der Waals surface area contributed by atoms with Crippen LogP contribution in [-0.2, 0) is 17.8 Å². The Labute approximate surface area is 122 Å². The monoisotopic (exact) mass is 319 g/mol. The van der Waals surface area contributed by atoms with Crippen molar-refractivity contribution in [3.63, 3.8) is 0 Å². The van der Waals surface area contributed by atoms with Gasteiger partial charge in [0.05, 0.1) is 6.61 Å². The maximum atomic E-state index is 5.69. The van der Waals surface area contributed by atoms with E-state index in [1.165, 1.54) is 11.1 Å². The molecule has 2 aromatic rings. The van der Waals surface area contributed by atoms with E-state index in [1.54, 1.807) is 0 Å². The molecule has 2 aromatic carbocycles. The molecule has 0 fully saturated rings. The van der Waals surface area contributed by atoms with Crippen LogP contribution in [-0.4, -0.2) is 6.61 Å². The fraction of sp³-hybridized carbons (Fsp3) is 0.250. The Morgan fingerprint density at radius 2 is 1.74 bits per heavy atom. The molecule has 0 bridgehead atoms. The Bertz CT molecular complexity index is 510. The molecule has 0 heterocycles. The maximum Gasteiger partial charge on any atom is 0.0727 e. The minimum absolute atomic E-state index is 0.656. The fourth-order valence-electron chi connectivity index (χ4n) is 1.86. The maximum absolute atomic E-state index is 5.69. The lowest BCUT2D eigenvalue weighted by molar-refractivity contribution is 0.118. The van der Waals surface area contributed by atoms with Crippen LogP contribution in [0.4, 0.5) is 5.69 Å². The molecule has 0 saturated heterocycles. The molecule has 2 N–H and O–H groups in total. The van der Waals surface area contributed by atoms with Crippen molar-refractivity contribution in [1.82, 2.24) is 0 Å². The second-order valence-corrected chi connectivity index (χ2v) is 5.34. The molecule has 19 heavy (non-hydrogen) atoms. The van der Waals surface area contributed by atoms with E-state index in [9.17, 15) is 0 Å². The summed E-state index contributed by atoms with van der Waals surface area (Å²) in [6.45, 7) is 1.43. The Hall–Kier alpha value is -1.32. The number of hydrogen-bond donors (Lipinski definition) is 1. The van der Waals surface area contributed by atoms with Crippen molar-refractivity contribution in [2.45, 2.75) is 19.4 Å². The molecule has 100 valence electrons. The number of anilines is 1. The number of rotatable bonds is 6. The van der Waals surface area contributed by atoms with E-state index in [0.29, 0.717) is 6.61 Å². The highest BCUT2D eigenvalue weighted by atomic mass is 79.9. The van der Waals surface area contributed by atoms with Gasteiger partial charge < -0.3 is 10.5 Å². The first-order chi connectivity index (χ1) is 9.25. The molecular weight excluding hydrogens is 302 g/mol. The number of halogens is 1. The summed E-state index contributed by atoms with van der Waals surface area (Å²) in [5.41, 5.74) is 8.96. The van der Waals surface area contributed by atoms with Crippen LogP contribution in [0.1, 0.15) is 17.5 Å². The fourth-order valence-corrected chi connectivity index (χ4v) is 2.26. The normalized spacial score (nSPS) is 10.6. The van der Waals surface area contributed by atoms with Crippen LogP contribution in [0.2, 0.25) is 0 Å². The first-order valence-electron chi connectivity index (χ1n) is 6.41. The lowest BCUT2D eigenvalue weighted by Crippen LogP contribution is -1.98. The first kappa shape index (κ1) is 14.1. The van der Waals surface area contributed by atoms with Gasteiger partial charge in [0, 0.05) is 16.8 Å². The molecule has 0 aliphatic carbocycles. The zero-order chi connectivity index (χ0) is 13.5. The van der Waals surface area contributed by atoms with Gasteiger partial charge in [-0.2, -0.15) is 0 Å². The number of ether oxygens (including phenoxy) is 1. The lowest BCUT2D eigenvalue weighted by atomic mass is 10.1. The van der Waals surface area contributed by atoms with E-state index < -0.39 is 0 Å². The van der Waals surface area contributed by atoms with Crippen LogP contribution in [0.5, 0.6) is 0 Å². The first-order valence-corrected chi connectivity index (χ1v) is 7.20. The Morgan fingerprint density at radius 1 is 1.00 bits per heavy atom. The van der Waals surface area contributed by atoms with E-state index in [4.69, 9.17) is 10.5 Å². The van der Waals surface area contributed by atoms with Crippen LogP contribution in [0, 0.1) is 0 Å². The summed E-state index contributed by atoms with van der Waals surface area (Å²) in [5.74, 6) is 0. The highest BCUT2D eigenvalue weighted by molar-refractivity contribution is 9.10. The molecule has 0 spiro atoms. The minimum atomic E-state index is 0.656. The van der Waals surface area contributed by atoms with Crippen molar-refractivity contribution in [2.24, 2.45) is 0 Å². The van der Waals surface area contributed by atoms with Gasteiger partial charge in [-0.15, -0.1) is 0 Å². The summed E-state index contributed by atoms with van der Waals surface area (Å²) in [7, 11) is 0. The molecule has 0 aromatic heterocycles. The van der Waals surface area contributed by atoms with Crippen LogP contribution in [0.15, 0.2) is 53.0 Å². The zero-order valence-electron chi connectivity index (χ0n) is 10.8. The van der Waals surface area contributed by atoms with Gasteiger partial charge in [-0.05, 0) is 42.2 Å². The van der Waals surface area contributed by atoms with Crippen molar-refractivity contribution in [3.8, 4) is 0 Å². The lowest BCUT2D eigenvalue weighted by Gasteiger charge is -2.06. The van der Waals surface area contributed by atoms with Crippen molar-refractivity contribution in [1.29, 1.82) is 0 Å². The van der Waals surface area contributed by atoms with E-state index in [1.807, 2.05) is 30.3 Å². The molecule has 0 radical (unpaired) electrons. The predicted molar refractivity (Wildman–Crippen MR) is 83.0 cm³/mol. The zero-order valence-corrected chi connectivity index (χ0v) is 12.4. The van der Waals surface area contributed by atoms with E-state index in [2.05, 4.69) is 34.1 Å². The van der Waals surface area contributed by atoms with Crippen molar-refractivity contribution in [3.05, 3.63) is 64.1 Å². The van der Waals surface area contributed by atoms with Gasteiger partial charge in [0.25, 0.3) is 0 Å². The third-order valence-corrected chi connectivity index (χ3v) is 3.72. The number of aryl methyl sites for hydroxylation is 1. The summed E-state index contributed by atoms with van der Waals surface area (Å²) in [4.78, 5) is 0. The van der Waals surface area contributed by atoms with Gasteiger partial charge in [0.1, 0.15) is 0 Å². The highest BCUT2D eigenvalue weighted by Crippen LogP contribution is 2.16. The van der Waals surface area contributed by atoms with E-state index in [-0.39, 0.29) is 0 Å². The SMILES string of the molecule is Nc1ccc(CCCOCc2ccccc2Br)cc1. The van der Waals surface area contributed by atoms with Crippen LogP contribution < -0.4 is 5.73 Å². The highest BCUT2D eigenvalue weighted by Gasteiger charge is 1.98. The average Bonchev–Trinajstić information content (AvgIpc) is 2.42. The van der Waals surface area contributed by atoms with Gasteiger partial charge >= 0.3 is 0 Å². The largest absolute Gasteiger partial charge is 0.399 e. The van der Waals surface area contributed by atoms with Gasteiger partial charge in [-0.3, -0.25) is 0 Å². The molecule has 0 unspecified atom stereocenters. The Kier molecular flexibility index (Phi) is 5.43. The second kappa shape index (κ2) is 7.31. The molecule has 0 atom stereocenters. The Balaban J connectivity index is 1.67. The average molecular weight is 320 g/mol. The van der Waals surface area contributed by atoms with Crippen molar-refractivity contribution in [2.75, 3.05) is 12.3 Å². The molecule has 0 saturated carbocycles. The molecule has 2 rings (SSSR count). The number of nitrogen functional groups attached to an aromatic ring is 1. The van der Waals surface area contributed by atoms with Gasteiger partial charge in [-0.1, -0.05) is 46.3 Å². The Morgan fingerprint density at radius 3 is 2.47 bits per heavy atom. The molecule has 2 nitrogen and oxygen atoms in total. The molecule has 0 aliphatic heterocycles. The summed E-state index contributed by atoms with van der Waals surface area (Å²) < 4.78 is 6.80. The quantitative estimate of drug-likeness (QED) is 0.640. The minimum Gasteiger partial charge on any atom is -0.399 e. The van der Waals surface area contributed by atoms with Crippen molar-refractivity contribution < 1.29 is 4.74 Å². The second-order valence-electron chi connectivity index (χ2n) is 4.49. The third kappa shape index (κ3) is 4.69. The van der Waals surface area contributed by atoms with Gasteiger partial charge in [-0.25, -0.2) is 0 Å². The predicted octanol–water partition coefficient (Wildman–Crippen LogP) is 4.18. The van der Waals surface area contributed by atoms with E-state index >= 15 is 0 Å². The number of nitrogens with two attached hydrogens (primary N) is 1. The summed E-state index contributed by atoms with van der Waals surface area (Å²) in [5, 5.41) is 0. The number of benzene rings is 2. The van der Waals surface area contributed by atoms with Crippen LogP contribution in [0.3, 0.4) is 0 Å². The topological polar surface area (TPSA) is 35.2 Å². The van der Waals surface area contributed by atoms with Crippen LogP contribution in [0.25, 0.3) is 0 Å². The molecule has 0 aliphatic rings. The number of hydrogen-bond acceptors (Lipinski definition) is 2. The van der Waals surface area contributed by atoms with Gasteiger partial charge in [0.2, 0.25) is 0 Å². The summed E-state index contributed by atoms with van der Waals surface area (Å²) in [6.07, 6.45) is 2.05. The smallest absolute Gasteiger partial charge is 0.0727 e. The van der Waals surface area contributed by atoms with Crippen molar-refractivity contribution >= 4 is 21.6 Å². The van der Waals surface area contributed by atoms with E-state index in [0.717, 1.165) is 29.6 Å². The summed E-state index contributed by atoms with van der Waals surface area (Å²) >= 11 is 3.52. The summed E-state index contributed by atoms with van der Waals surface area (Å²) in [6, 6.07) is 16.2.